The van der Waals surface area contributed by atoms with E-state index in [9.17, 15) is 23.1 Å². The zero-order valence-electron chi connectivity index (χ0n) is 18.0. The molecule has 2 aromatic rings. The Bertz CT molecular complexity index is 1110. The van der Waals surface area contributed by atoms with Crippen LogP contribution in [-0.4, -0.2) is 62.2 Å². The van der Waals surface area contributed by atoms with Gasteiger partial charge in [-0.25, -0.2) is 0 Å². The lowest BCUT2D eigenvalue weighted by Crippen LogP contribution is -2.36. The van der Waals surface area contributed by atoms with Gasteiger partial charge in [-0.05, 0) is 49.1 Å². The summed E-state index contributed by atoms with van der Waals surface area (Å²) in [5.74, 6) is -0.0900. The monoisotopic (exact) mass is 495 g/mol. The van der Waals surface area contributed by atoms with E-state index in [1.165, 1.54) is 12.1 Å². The van der Waals surface area contributed by atoms with E-state index in [0.29, 0.717) is 62.8 Å². The van der Waals surface area contributed by atoms with Crippen LogP contribution in [0.5, 0.6) is 0 Å². The van der Waals surface area contributed by atoms with E-state index in [-0.39, 0.29) is 23.7 Å². The highest BCUT2D eigenvalue weighted by atomic mass is 35.5. The van der Waals surface area contributed by atoms with Crippen LogP contribution >= 0.6 is 11.6 Å². The van der Waals surface area contributed by atoms with Gasteiger partial charge >= 0.3 is 0 Å². The first-order valence-corrected chi connectivity index (χ1v) is 12.6. The first-order chi connectivity index (χ1) is 15.7. The molecule has 2 aliphatic heterocycles. The number of anilines is 1. The molecule has 33 heavy (non-hydrogen) atoms. The minimum absolute atomic E-state index is 0.0435. The number of benzene rings is 2. The molecule has 2 fully saturated rings. The maximum atomic E-state index is 12.2. The van der Waals surface area contributed by atoms with Gasteiger partial charge in [-0.15, -0.1) is 0 Å². The maximum absolute atomic E-state index is 12.2. The Labute approximate surface area is 197 Å². The lowest BCUT2D eigenvalue weighted by atomic mass is 9.86. The van der Waals surface area contributed by atoms with Crippen molar-refractivity contribution < 1.29 is 22.6 Å². The van der Waals surface area contributed by atoms with Crippen LogP contribution in [-0.2, 0) is 21.4 Å². The number of hydrogen-bond donors (Lipinski definition) is 1. The third-order valence-corrected chi connectivity index (χ3v) is 7.53. The minimum atomic E-state index is -4.62. The largest absolute Gasteiger partial charge is 0.379 e. The Hall–Kier alpha value is -2.24. The van der Waals surface area contributed by atoms with E-state index < -0.39 is 19.9 Å². The molecule has 2 aliphatic rings. The molecule has 4 rings (SSSR count). The van der Waals surface area contributed by atoms with E-state index >= 15 is 0 Å². The Morgan fingerprint density at radius 1 is 1.06 bits per heavy atom. The summed E-state index contributed by atoms with van der Waals surface area (Å²) >= 11 is 5.98. The van der Waals surface area contributed by atoms with Crippen molar-refractivity contribution in [2.45, 2.75) is 30.2 Å². The third-order valence-electron chi connectivity index (χ3n) is 6.34. The first-order valence-electron chi connectivity index (χ1n) is 10.8. The molecule has 0 aliphatic carbocycles. The normalized spacial score (nSPS) is 18.4. The van der Waals surface area contributed by atoms with Gasteiger partial charge in [-0.3, -0.25) is 19.6 Å². The molecule has 0 saturated carbocycles. The molecule has 0 atom stereocenters. The number of morpholine rings is 1. The van der Waals surface area contributed by atoms with Crippen LogP contribution in [0.2, 0.25) is 5.02 Å². The van der Waals surface area contributed by atoms with Crippen molar-refractivity contribution >= 4 is 33.1 Å². The Balaban J connectivity index is 1.64. The second-order valence-electron chi connectivity index (χ2n) is 8.34. The molecular formula is C22H26ClN3O6S. The number of piperidine rings is 1. The molecule has 11 heteroatoms. The molecular weight excluding hydrogens is 470 g/mol. The summed E-state index contributed by atoms with van der Waals surface area (Å²) < 4.78 is 39.2. The lowest BCUT2D eigenvalue weighted by molar-refractivity contribution is -0.386. The average Bonchev–Trinajstić information content (AvgIpc) is 2.79. The summed E-state index contributed by atoms with van der Waals surface area (Å²) in [6, 6.07) is 10.4. The predicted molar refractivity (Wildman–Crippen MR) is 125 cm³/mol. The predicted octanol–water partition coefficient (Wildman–Crippen LogP) is 3.71. The van der Waals surface area contributed by atoms with E-state index in [1.54, 1.807) is 0 Å². The summed E-state index contributed by atoms with van der Waals surface area (Å²) in [5.41, 5.74) is 1.40. The molecule has 2 heterocycles. The fraction of sp³-hybridized carbons (Fsp3) is 0.455. The molecule has 1 N–H and O–H groups in total. The van der Waals surface area contributed by atoms with Gasteiger partial charge in [0, 0.05) is 49.0 Å². The van der Waals surface area contributed by atoms with Crippen LogP contribution in [0.3, 0.4) is 0 Å². The fourth-order valence-electron chi connectivity index (χ4n) is 4.66. The van der Waals surface area contributed by atoms with Crippen molar-refractivity contribution in [1.29, 1.82) is 0 Å². The molecule has 0 unspecified atom stereocenters. The number of nitrogens with zero attached hydrogens (tertiary/aromatic N) is 3. The summed E-state index contributed by atoms with van der Waals surface area (Å²) in [6.45, 7) is 3.49. The molecule has 0 aromatic heterocycles. The quantitative estimate of drug-likeness (QED) is 0.366. The standard InChI is InChI=1S/C22H26ClN3O6S/c23-17-1-3-18(4-2-17)25-9-7-16(8-10-25)19-5-6-21(33(29,30)31)20(22(19)26(27)28)15-24-11-13-32-14-12-24/h1-6,16H,7-15H2,(H,29,30,31). The van der Waals surface area contributed by atoms with Gasteiger partial charge in [-0.2, -0.15) is 8.42 Å². The van der Waals surface area contributed by atoms with Crippen LogP contribution in [0.25, 0.3) is 0 Å². The number of ether oxygens (including phenoxy) is 1. The highest BCUT2D eigenvalue weighted by Gasteiger charge is 2.34. The summed E-state index contributed by atoms with van der Waals surface area (Å²) in [5, 5.41) is 12.8. The number of halogens is 1. The topological polar surface area (TPSA) is 113 Å². The Morgan fingerprint density at radius 3 is 2.27 bits per heavy atom. The molecule has 2 aromatic carbocycles. The Morgan fingerprint density at radius 2 is 1.70 bits per heavy atom. The Kier molecular flexibility index (Phi) is 7.20. The van der Waals surface area contributed by atoms with Crippen LogP contribution < -0.4 is 4.90 Å². The van der Waals surface area contributed by atoms with Crippen LogP contribution in [0.15, 0.2) is 41.3 Å². The van der Waals surface area contributed by atoms with Crippen molar-refractivity contribution in [3.8, 4) is 0 Å². The lowest BCUT2D eigenvalue weighted by Gasteiger charge is -2.34. The molecule has 9 nitrogen and oxygen atoms in total. The second kappa shape index (κ2) is 9.94. The zero-order chi connectivity index (χ0) is 23.6. The van der Waals surface area contributed by atoms with Crippen molar-refractivity contribution in [1.82, 2.24) is 4.90 Å². The van der Waals surface area contributed by atoms with Crippen LogP contribution in [0, 0.1) is 10.1 Å². The molecule has 0 bridgehead atoms. The van der Waals surface area contributed by atoms with Gasteiger partial charge in [-0.1, -0.05) is 17.7 Å². The molecule has 2 saturated heterocycles. The van der Waals surface area contributed by atoms with Crippen molar-refractivity contribution in [2.75, 3.05) is 44.3 Å². The van der Waals surface area contributed by atoms with E-state index in [0.717, 1.165) is 5.69 Å². The first kappa shape index (κ1) is 23.9. The SMILES string of the molecule is O=[N+]([O-])c1c(C2CCN(c3ccc(Cl)cc3)CC2)ccc(S(=O)(=O)O)c1CN1CCOCC1. The minimum Gasteiger partial charge on any atom is -0.379 e. The van der Waals surface area contributed by atoms with Gasteiger partial charge in [0.05, 0.1) is 23.7 Å². The zero-order valence-corrected chi connectivity index (χ0v) is 19.6. The van der Waals surface area contributed by atoms with Crippen molar-refractivity contribution in [3.05, 3.63) is 62.7 Å². The van der Waals surface area contributed by atoms with Gasteiger partial charge in [0.15, 0.2) is 0 Å². The van der Waals surface area contributed by atoms with E-state index in [1.807, 2.05) is 29.2 Å². The van der Waals surface area contributed by atoms with Gasteiger partial charge in [0.25, 0.3) is 15.8 Å². The highest BCUT2D eigenvalue weighted by molar-refractivity contribution is 7.85. The van der Waals surface area contributed by atoms with E-state index in [4.69, 9.17) is 16.3 Å². The molecule has 0 radical (unpaired) electrons. The summed E-state index contributed by atoms with van der Waals surface area (Å²) in [6.07, 6.45) is 1.37. The highest BCUT2D eigenvalue weighted by Crippen LogP contribution is 2.40. The fourth-order valence-corrected chi connectivity index (χ4v) is 5.50. The number of rotatable bonds is 6. The van der Waals surface area contributed by atoms with Gasteiger partial charge < -0.3 is 9.64 Å². The van der Waals surface area contributed by atoms with E-state index in [2.05, 4.69) is 4.90 Å². The number of hydrogen-bond acceptors (Lipinski definition) is 7. The summed E-state index contributed by atoms with van der Waals surface area (Å²) in [4.78, 5) is 15.4. The van der Waals surface area contributed by atoms with Crippen molar-refractivity contribution in [2.24, 2.45) is 0 Å². The average molecular weight is 496 g/mol. The summed E-state index contributed by atoms with van der Waals surface area (Å²) in [7, 11) is -4.62. The van der Waals surface area contributed by atoms with Crippen LogP contribution in [0.4, 0.5) is 11.4 Å². The second-order valence-corrected chi connectivity index (χ2v) is 10.2. The van der Waals surface area contributed by atoms with Crippen LogP contribution in [0.1, 0.15) is 29.9 Å². The molecule has 178 valence electrons. The molecule has 0 amide bonds. The number of nitro groups is 1. The smallest absolute Gasteiger partial charge is 0.295 e. The van der Waals surface area contributed by atoms with Gasteiger partial charge in [0.1, 0.15) is 4.90 Å². The molecule has 0 spiro atoms. The van der Waals surface area contributed by atoms with Crippen molar-refractivity contribution in [3.63, 3.8) is 0 Å². The third kappa shape index (κ3) is 5.47. The van der Waals surface area contributed by atoms with Gasteiger partial charge in [0.2, 0.25) is 0 Å². The number of nitro benzene ring substituents is 1. The maximum Gasteiger partial charge on any atom is 0.295 e.